The van der Waals surface area contributed by atoms with Gasteiger partial charge in [0.15, 0.2) is 5.13 Å². The van der Waals surface area contributed by atoms with Crippen molar-refractivity contribution in [2.24, 2.45) is 0 Å². The van der Waals surface area contributed by atoms with Crippen LogP contribution in [-0.2, 0) is 9.59 Å². The minimum Gasteiger partial charge on any atom is -0.321 e. The van der Waals surface area contributed by atoms with Crippen LogP contribution in [0.1, 0.15) is 22.8 Å². The van der Waals surface area contributed by atoms with Gasteiger partial charge in [0, 0.05) is 27.1 Å². The van der Waals surface area contributed by atoms with E-state index in [0.717, 1.165) is 32.5 Å². The Balaban J connectivity index is 1.10. The van der Waals surface area contributed by atoms with Crippen molar-refractivity contribution in [1.82, 2.24) is 10.3 Å². The van der Waals surface area contributed by atoms with Crippen molar-refractivity contribution in [3.63, 3.8) is 0 Å². The molecular weight excluding hydrogens is 625 g/mol. The molecule has 6 aromatic rings. The van der Waals surface area contributed by atoms with Gasteiger partial charge in [-0.3, -0.25) is 14.4 Å². The number of carbonyl (C=O) groups excluding carboxylic acids is 3. The van der Waals surface area contributed by atoms with Gasteiger partial charge in [-0.05, 0) is 65.7 Å². The van der Waals surface area contributed by atoms with Crippen molar-refractivity contribution < 1.29 is 14.4 Å². The second kappa shape index (κ2) is 14.7. The molecule has 1 atom stereocenters. The van der Waals surface area contributed by atoms with Crippen molar-refractivity contribution in [3.8, 4) is 11.3 Å². The molecule has 0 aliphatic rings. The predicted molar refractivity (Wildman–Crippen MR) is 192 cm³/mol. The molecule has 3 amide bonds. The molecule has 0 saturated carbocycles. The summed E-state index contributed by atoms with van der Waals surface area (Å²) in [6.45, 7) is 1.82. The number of rotatable bonds is 10. The molecule has 0 aliphatic carbocycles. The summed E-state index contributed by atoms with van der Waals surface area (Å²) in [6.07, 6.45) is 1.63. The highest BCUT2D eigenvalue weighted by molar-refractivity contribution is 8.00. The quantitative estimate of drug-likeness (QED) is 0.102. The normalized spacial score (nSPS) is 11.9. The fourth-order valence-corrected chi connectivity index (χ4v) is 6.43. The van der Waals surface area contributed by atoms with Gasteiger partial charge in [0.25, 0.3) is 11.8 Å². The SMILES string of the molecule is CC(Sc1cccc(NC(=O)/C(=C/c2ccccc2)NC(=O)c2ccccc2)c1)C(=O)Nc1nc(-c2ccc3ccccc3c2)cs1. The molecule has 0 radical (unpaired) electrons. The van der Waals surface area contributed by atoms with E-state index in [0.29, 0.717) is 16.4 Å². The summed E-state index contributed by atoms with van der Waals surface area (Å²) in [4.78, 5) is 44.9. The van der Waals surface area contributed by atoms with Gasteiger partial charge in [-0.25, -0.2) is 4.98 Å². The van der Waals surface area contributed by atoms with E-state index in [2.05, 4.69) is 45.2 Å². The Morgan fingerprint density at radius 3 is 2.28 bits per heavy atom. The van der Waals surface area contributed by atoms with Crippen LogP contribution in [-0.4, -0.2) is 28.0 Å². The van der Waals surface area contributed by atoms with Crippen LogP contribution in [0, 0.1) is 0 Å². The Hall–Kier alpha value is -5.51. The van der Waals surface area contributed by atoms with Crippen LogP contribution >= 0.6 is 23.1 Å². The van der Waals surface area contributed by atoms with E-state index < -0.39 is 17.1 Å². The third kappa shape index (κ3) is 8.21. The Bertz CT molecular complexity index is 2080. The summed E-state index contributed by atoms with van der Waals surface area (Å²) in [5, 5.41) is 12.9. The lowest BCUT2D eigenvalue weighted by Crippen LogP contribution is -2.30. The third-order valence-corrected chi connectivity index (χ3v) is 9.04. The van der Waals surface area contributed by atoms with Crippen molar-refractivity contribution in [2.75, 3.05) is 10.6 Å². The van der Waals surface area contributed by atoms with Gasteiger partial charge in [0.1, 0.15) is 5.70 Å². The molecule has 0 saturated heterocycles. The first-order valence-electron chi connectivity index (χ1n) is 14.9. The molecule has 3 N–H and O–H groups in total. The lowest BCUT2D eigenvalue weighted by Gasteiger charge is -2.13. The van der Waals surface area contributed by atoms with Crippen LogP contribution in [0.25, 0.3) is 28.1 Å². The molecule has 1 heterocycles. The number of thioether (sulfide) groups is 1. The van der Waals surface area contributed by atoms with Gasteiger partial charge in [-0.1, -0.05) is 91.0 Å². The number of fused-ring (bicyclic) bond motifs is 1. The smallest absolute Gasteiger partial charge is 0.272 e. The number of benzene rings is 5. The van der Waals surface area contributed by atoms with Gasteiger partial charge < -0.3 is 16.0 Å². The maximum Gasteiger partial charge on any atom is 0.272 e. The molecule has 9 heteroatoms. The van der Waals surface area contributed by atoms with E-state index in [-0.39, 0.29) is 11.6 Å². The summed E-state index contributed by atoms with van der Waals surface area (Å²) in [5.74, 6) is -1.05. The van der Waals surface area contributed by atoms with Crippen molar-refractivity contribution in [2.45, 2.75) is 17.1 Å². The molecule has 0 bridgehead atoms. The van der Waals surface area contributed by atoms with Crippen LogP contribution in [0.3, 0.4) is 0 Å². The molecule has 1 unspecified atom stereocenters. The summed E-state index contributed by atoms with van der Waals surface area (Å²) in [6, 6.07) is 39.6. The second-order valence-electron chi connectivity index (χ2n) is 10.6. The van der Waals surface area contributed by atoms with Crippen LogP contribution in [0.2, 0.25) is 0 Å². The van der Waals surface area contributed by atoms with E-state index in [1.165, 1.54) is 23.1 Å². The zero-order valence-corrected chi connectivity index (χ0v) is 27.0. The number of anilines is 2. The fraction of sp³-hybridized carbons (Fsp3) is 0.0526. The third-order valence-electron chi connectivity index (χ3n) is 7.19. The minimum absolute atomic E-state index is 0.0994. The van der Waals surface area contributed by atoms with Gasteiger partial charge in [-0.15, -0.1) is 23.1 Å². The molecule has 5 aromatic carbocycles. The minimum atomic E-state index is -0.475. The summed E-state index contributed by atoms with van der Waals surface area (Å²) >= 11 is 2.75. The number of thiazole rings is 1. The van der Waals surface area contributed by atoms with Gasteiger partial charge in [0.2, 0.25) is 5.91 Å². The van der Waals surface area contributed by atoms with Crippen molar-refractivity contribution >= 4 is 68.5 Å². The highest BCUT2D eigenvalue weighted by atomic mass is 32.2. The summed E-state index contributed by atoms with van der Waals surface area (Å²) in [5.41, 5.74) is 3.62. The van der Waals surface area contributed by atoms with Crippen molar-refractivity contribution in [3.05, 3.63) is 150 Å². The molecule has 6 rings (SSSR count). The summed E-state index contributed by atoms with van der Waals surface area (Å²) < 4.78 is 0. The zero-order valence-electron chi connectivity index (χ0n) is 25.3. The fourth-order valence-electron chi connectivity index (χ4n) is 4.78. The molecule has 7 nitrogen and oxygen atoms in total. The van der Waals surface area contributed by atoms with E-state index in [1.807, 2.05) is 79.0 Å². The van der Waals surface area contributed by atoms with E-state index in [4.69, 9.17) is 0 Å². The summed E-state index contributed by atoms with van der Waals surface area (Å²) in [7, 11) is 0. The molecular formula is C38H30N4O3S2. The van der Waals surface area contributed by atoms with Gasteiger partial charge in [0.05, 0.1) is 10.9 Å². The molecule has 1 aromatic heterocycles. The molecule has 0 aliphatic heterocycles. The molecule has 232 valence electrons. The number of aromatic nitrogens is 1. The van der Waals surface area contributed by atoms with E-state index in [1.54, 1.807) is 42.5 Å². The highest BCUT2D eigenvalue weighted by Crippen LogP contribution is 2.30. The highest BCUT2D eigenvalue weighted by Gasteiger charge is 2.18. The average Bonchev–Trinajstić information content (AvgIpc) is 3.57. The van der Waals surface area contributed by atoms with Gasteiger partial charge in [-0.2, -0.15) is 0 Å². The van der Waals surface area contributed by atoms with Gasteiger partial charge >= 0.3 is 0 Å². The standard InChI is InChI=1S/C38H30N4O3S2/c1-25(35(43)42-38-41-34(24-46-38)30-20-19-27-13-8-9-16-29(27)22-30)47-32-18-10-17-31(23-32)39-37(45)33(21-26-11-4-2-5-12-26)40-36(44)28-14-6-3-7-15-28/h2-25H,1H3,(H,39,45)(H,40,44)(H,41,42,43)/b33-21-. The first-order chi connectivity index (χ1) is 22.9. The Morgan fingerprint density at radius 1 is 0.766 bits per heavy atom. The predicted octanol–water partition coefficient (Wildman–Crippen LogP) is 8.49. The Labute approximate surface area is 280 Å². The topological polar surface area (TPSA) is 100 Å². The Kier molecular flexibility index (Phi) is 9.86. The van der Waals surface area contributed by atoms with E-state index >= 15 is 0 Å². The first-order valence-corrected chi connectivity index (χ1v) is 16.6. The lowest BCUT2D eigenvalue weighted by molar-refractivity contribution is -0.115. The lowest BCUT2D eigenvalue weighted by atomic mass is 10.1. The number of carbonyl (C=O) groups is 3. The second-order valence-corrected chi connectivity index (χ2v) is 12.9. The number of hydrogen-bond acceptors (Lipinski definition) is 6. The number of hydrogen-bond donors (Lipinski definition) is 3. The zero-order chi connectivity index (χ0) is 32.6. The Morgan fingerprint density at radius 2 is 1.49 bits per heavy atom. The largest absolute Gasteiger partial charge is 0.321 e. The maximum absolute atomic E-state index is 13.4. The van der Waals surface area contributed by atoms with Crippen LogP contribution in [0.4, 0.5) is 10.8 Å². The van der Waals surface area contributed by atoms with Crippen molar-refractivity contribution in [1.29, 1.82) is 0 Å². The molecule has 0 fully saturated rings. The van der Waals surface area contributed by atoms with Crippen LogP contribution < -0.4 is 16.0 Å². The van der Waals surface area contributed by atoms with Crippen LogP contribution in [0.15, 0.2) is 143 Å². The van der Waals surface area contributed by atoms with Crippen LogP contribution in [0.5, 0.6) is 0 Å². The number of nitrogens with one attached hydrogen (secondary N) is 3. The average molecular weight is 655 g/mol. The molecule has 0 spiro atoms. The monoisotopic (exact) mass is 654 g/mol. The number of nitrogens with zero attached hydrogens (tertiary/aromatic N) is 1. The maximum atomic E-state index is 13.4. The van der Waals surface area contributed by atoms with E-state index in [9.17, 15) is 14.4 Å². The molecule has 47 heavy (non-hydrogen) atoms. The first kappa shape index (κ1) is 31.5. The number of amides is 3.